The average Bonchev–Trinajstić information content (AvgIpc) is 2.38. The van der Waals surface area contributed by atoms with Crippen LogP contribution in [0.15, 0.2) is 24.3 Å². The molecule has 1 saturated carbocycles. The summed E-state index contributed by atoms with van der Waals surface area (Å²) in [6.45, 7) is -0.0467. The maximum absolute atomic E-state index is 12.9. The lowest BCUT2D eigenvalue weighted by Gasteiger charge is -2.28. The monoisotopic (exact) mass is 266 g/mol. The fourth-order valence-electron chi connectivity index (χ4n) is 2.28. The quantitative estimate of drug-likeness (QED) is 0.876. The molecule has 1 aromatic carbocycles. The van der Waals surface area contributed by atoms with Gasteiger partial charge in [0.25, 0.3) is 0 Å². The molecule has 0 aliphatic heterocycles. The molecule has 2 unspecified atom stereocenters. The Morgan fingerprint density at radius 3 is 2.95 bits per heavy atom. The van der Waals surface area contributed by atoms with Crippen molar-refractivity contribution in [1.29, 1.82) is 0 Å². The number of carbonyl (C=O) groups excluding carboxylic acids is 1. The summed E-state index contributed by atoms with van der Waals surface area (Å²) in [5.41, 5.74) is 6.36. The average molecular weight is 266 g/mol. The first-order chi connectivity index (χ1) is 9.15. The molecule has 0 aromatic heterocycles. The van der Waals surface area contributed by atoms with E-state index in [2.05, 4.69) is 5.32 Å². The summed E-state index contributed by atoms with van der Waals surface area (Å²) < 4.78 is 18.5. The van der Waals surface area contributed by atoms with E-state index in [1.165, 1.54) is 12.1 Å². The molecule has 0 saturated heterocycles. The number of amides is 1. The van der Waals surface area contributed by atoms with E-state index in [9.17, 15) is 9.18 Å². The van der Waals surface area contributed by atoms with Gasteiger partial charge in [-0.15, -0.1) is 0 Å². The number of carbonyl (C=O) groups is 1. The van der Waals surface area contributed by atoms with Crippen LogP contribution in [0.3, 0.4) is 0 Å². The van der Waals surface area contributed by atoms with Gasteiger partial charge in [-0.05, 0) is 31.0 Å². The molecule has 0 bridgehead atoms. The fraction of sp³-hybridized carbons (Fsp3) is 0.500. The van der Waals surface area contributed by atoms with E-state index < -0.39 is 0 Å². The normalized spacial score (nSPS) is 23.1. The van der Waals surface area contributed by atoms with Crippen molar-refractivity contribution >= 4 is 11.6 Å². The Kier molecular flexibility index (Phi) is 4.87. The zero-order chi connectivity index (χ0) is 13.7. The predicted molar refractivity (Wildman–Crippen MR) is 71.2 cm³/mol. The zero-order valence-electron chi connectivity index (χ0n) is 10.8. The number of hydrogen-bond donors (Lipinski definition) is 2. The third-order valence-electron chi connectivity index (χ3n) is 3.29. The van der Waals surface area contributed by atoms with E-state index in [-0.39, 0.29) is 30.5 Å². The summed E-state index contributed by atoms with van der Waals surface area (Å²) in [6, 6.07) is 5.78. The number of halogens is 1. The molecule has 0 heterocycles. The minimum Gasteiger partial charge on any atom is -0.367 e. The summed E-state index contributed by atoms with van der Waals surface area (Å²) in [4.78, 5) is 11.7. The summed E-state index contributed by atoms with van der Waals surface area (Å²) in [5, 5.41) is 2.59. The van der Waals surface area contributed by atoms with Crippen molar-refractivity contribution in [3.63, 3.8) is 0 Å². The molecule has 0 radical (unpaired) electrons. The first-order valence-corrected chi connectivity index (χ1v) is 6.58. The number of rotatable bonds is 4. The molecule has 5 heteroatoms. The SMILES string of the molecule is NC1CCCCC1OCC(=O)Nc1cccc(F)c1. The summed E-state index contributed by atoms with van der Waals surface area (Å²) >= 11 is 0. The maximum Gasteiger partial charge on any atom is 0.250 e. The molecule has 1 amide bonds. The largest absolute Gasteiger partial charge is 0.367 e. The van der Waals surface area contributed by atoms with Gasteiger partial charge in [-0.3, -0.25) is 4.79 Å². The Balaban J connectivity index is 1.78. The highest BCUT2D eigenvalue weighted by molar-refractivity contribution is 5.91. The molecule has 104 valence electrons. The lowest BCUT2D eigenvalue weighted by Crippen LogP contribution is -2.40. The van der Waals surface area contributed by atoms with Crippen molar-refractivity contribution in [3.8, 4) is 0 Å². The van der Waals surface area contributed by atoms with Gasteiger partial charge < -0.3 is 15.8 Å². The second kappa shape index (κ2) is 6.63. The number of ether oxygens (including phenoxy) is 1. The van der Waals surface area contributed by atoms with Gasteiger partial charge in [-0.2, -0.15) is 0 Å². The molecule has 19 heavy (non-hydrogen) atoms. The van der Waals surface area contributed by atoms with Crippen molar-refractivity contribution < 1.29 is 13.9 Å². The van der Waals surface area contributed by atoms with Crippen molar-refractivity contribution in [3.05, 3.63) is 30.1 Å². The van der Waals surface area contributed by atoms with Gasteiger partial charge in [-0.25, -0.2) is 4.39 Å². The number of hydrogen-bond acceptors (Lipinski definition) is 3. The van der Waals surface area contributed by atoms with Gasteiger partial charge in [0.05, 0.1) is 6.10 Å². The second-order valence-corrected chi connectivity index (χ2v) is 4.86. The molecule has 3 N–H and O–H groups in total. The Bertz CT molecular complexity index is 439. The maximum atomic E-state index is 12.9. The van der Waals surface area contributed by atoms with E-state index in [0.717, 1.165) is 25.7 Å². The van der Waals surface area contributed by atoms with Crippen LogP contribution >= 0.6 is 0 Å². The number of benzene rings is 1. The third kappa shape index (κ3) is 4.29. The van der Waals surface area contributed by atoms with Gasteiger partial charge >= 0.3 is 0 Å². The van der Waals surface area contributed by atoms with Crippen LogP contribution in [-0.2, 0) is 9.53 Å². The number of nitrogens with two attached hydrogens (primary N) is 1. The standard InChI is InChI=1S/C14H19FN2O2/c15-10-4-3-5-11(8-10)17-14(18)9-19-13-7-2-1-6-12(13)16/h3-5,8,12-13H,1-2,6-7,9,16H2,(H,17,18). The van der Waals surface area contributed by atoms with E-state index in [1.807, 2.05) is 0 Å². The minimum atomic E-state index is -0.381. The van der Waals surface area contributed by atoms with Crippen LogP contribution in [0.2, 0.25) is 0 Å². The molecular weight excluding hydrogens is 247 g/mol. The summed E-state index contributed by atoms with van der Waals surface area (Å²) in [6.07, 6.45) is 4.00. The molecular formula is C14H19FN2O2. The Morgan fingerprint density at radius 1 is 1.42 bits per heavy atom. The lowest BCUT2D eigenvalue weighted by atomic mass is 9.93. The van der Waals surface area contributed by atoms with Crippen LogP contribution in [0.1, 0.15) is 25.7 Å². The highest BCUT2D eigenvalue weighted by Gasteiger charge is 2.23. The molecule has 1 aromatic rings. The van der Waals surface area contributed by atoms with Crippen LogP contribution in [0.5, 0.6) is 0 Å². The van der Waals surface area contributed by atoms with Crippen molar-refractivity contribution in [2.24, 2.45) is 5.73 Å². The van der Waals surface area contributed by atoms with Crippen LogP contribution in [0.4, 0.5) is 10.1 Å². The third-order valence-corrected chi connectivity index (χ3v) is 3.29. The molecule has 2 atom stereocenters. The Labute approximate surface area is 112 Å². The molecule has 1 aliphatic carbocycles. The topological polar surface area (TPSA) is 64.3 Å². The smallest absolute Gasteiger partial charge is 0.250 e. The van der Waals surface area contributed by atoms with E-state index in [4.69, 9.17) is 10.5 Å². The van der Waals surface area contributed by atoms with E-state index >= 15 is 0 Å². The highest BCUT2D eigenvalue weighted by atomic mass is 19.1. The van der Waals surface area contributed by atoms with Crippen molar-refractivity contribution in [2.75, 3.05) is 11.9 Å². The fourth-order valence-corrected chi connectivity index (χ4v) is 2.28. The first-order valence-electron chi connectivity index (χ1n) is 6.58. The Morgan fingerprint density at radius 2 is 2.21 bits per heavy atom. The van der Waals surface area contributed by atoms with Gasteiger partial charge in [0.15, 0.2) is 0 Å². The summed E-state index contributed by atoms with van der Waals surface area (Å²) in [7, 11) is 0. The predicted octanol–water partition coefficient (Wildman–Crippen LogP) is 2.05. The van der Waals surface area contributed by atoms with E-state index in [0.29, 0.717) is 5.69 Å². The minimum absolute atomic E-state index is 0.00993. The van der Waals surface area contributed by atoms with Gasteiger partial charge in [-0.1, -0.05) is 18.9 Å². The van der Waals surface area contributed by atoms with Crippen molar-refractivity contribution in [2.45, 2.75) is 37.8 Å². The number of anilines is 1. The van der Waals surface area contributed by atoms with Crippen LogP contribution in [0, 0.1) is 5.82 Å². The first kappa shape index (κ1) is 14.0. The molecule has 1 fully saturated rings. The van der Waals surface area contributed by atoms with Gasteiger partial charge in [0.2, 0.25) is 5.91 Å². The number of nitrogens with one attached hydrogen (secondary N) is 1. The molecule has 0 spiro atoms. The van der Waals surface area contributed by atoms with Gasteiger partial charge in [0.1, 0.15) is 12.4 Å². The van der Waals surface area contributed by atoms with Gasteiger partial charge in [0, 0.05) is 11.7 Å². The van der Waals surface area contributed by atoms with Crippen LogP contribution in [-0.4, -0.2) is 24.7 Å². The Hall–Kier alpha value is -1.46. The highest BCUT2D eigenvalue weighted by Crippen LogP contribution is 2.19. The lowest BCUT2D eigenvalue weighted by molar-refractivity contribution is -0.123. The molecule has 1 aliphatic rings. The zero-order valence-corrected chi connectivity index (χ0v) is 10.8. The van der Waals surface area contributed by atoms with Crippen molar-refractivity contribution in [1.82, 2.24) is 0 Å². The summed E-state index contributed by atoms with van der Waals surface area (Å²) in [5.74, 6) is -0.670. The van der Waals surface area contributed by atoms with Crippen LogP contribution < -0.4 is 11.1 Å². The second-order valence-electron chi connectivity index (χ2n) is 4.86. The van der Waals surface area contributed by atoms with E-state index in [1.54, 1.807) is 12.1 Å². The molecule has 2 rings (SSSR count). The van der Waals surface area contributed by atoms with Crippen LogP contribution in [0.25, 0.3) is 0 Å². The molecule has 4 nitrogen and oxygen atoms in total.